The third kappa shape index (κ3) is 5.08. The first-order valence-electron chi connectivity index (χ1n) is 9.09. The SMILES string of the molecule is CC(C)NC(=O)c1coc(CN(Cc2ccco2)C(C)c2ccccc2)n1. The zero-order valence-corrected chi connectivity index (χ0v) is 15.9. The lowest BCUT2D eigenvalue weighted by Gasteiger charge is -2.27. The van der Waals surface area contributed by atoms with E-state index in [0.29, 0.717) is 24.7 Å². The molecule has 0 radical (unpaired) electrons. The fourth-order valence-electron chi connectivity index (χ4n) is 2.87. The molecule has 3 aromatic rings. The maximum Gasteiger partial charge on any atom is 0.273 e. The van der Waals surface area contributed by atoms with Crippen molar-refractivity contribution in [1.82, 2.24) is 15.2 Å². The average molecular weight is 367 g/mol. The van der Waals surface area contributed by atoms with Gasteiger partial charge in [0.1, 0.15) is 12.0 Å². The van der Waals surface area contributed by atoms with E-state index in [1.165, 1.54) is 11.8 Å². The molecule has 0 aliphatic rings. The van der Waals surface area contributed by atoms with E-state index in [0.717, 1.165) is 5.76 Å². The first kappa shape index (κ1) is 18.9. The molecule has 6 nitrogen and oxygen atoms in total. The Morgan fingerprint density at radius 3 is 2.52 bits per heavy atom. The molecule has 0 saturated carbocycles. The molecule has 1 unspecified atom stereocenters. The van der Waals surface area contributed by atoms with E-state index in [4.69, 9.17) is 8.83 Å². The number of benzene rings is 1. The summed E-state index contributed by atoms with van der Waals surface area (Å²) in [6.07, 6.45) is 3.07. The standard InChI is InChI=1S/C21H25N3O3/c1-15(2)22-21(25)19-14-27-20(23-19)13-24(12-18-10-7-11-26-18)16(3)17-8-5-4-6-9-17/h4-11,14-16H,12-13H2,1-3H3,(H,22,25). The summed E-state index contributed by atoms with van der Waals surface area (Å²) in [4.78, 5) is 18.7. The maximum absolute atomic E-state index is 12.1. The van der Waals surface area contributed by atoms with Gasteiger partial charge in [-0.25, -0.2) is 4.98 Å². The third-order valence-electron chi connectivity index (χ3n) is 4.31. The van der Waals surface area contributed by atoms with Gasteiger partial charge in [0.25, 0.3) is 5.91 Å². The van der Waals surface area contributed by atoms with Crippen molar-refractivity contribution >= 4 is 5.91 Å². The van der Waals surface area contributed by atoms with Gasteiger partial charge in [0.2, 0.25) is 5.89 Å². The molecule has 0 bridgehead atoms. The van der Waals surface area contributed by atoms with E-state index in [1.54, 1.807) is 6.26 Å². The Kier molecular flexibility index (Phi) is 6.08. The Morgan fingerprint density at radius 2 is 1.85 bits per heavy atom. The van der Waals surface area contributed by atoms with E-state index in [-0.39, 0.29) is 18.0 Å². The lowest BCUT2D eigenvalue weighted by Crippen LogP contribution is -2.30. The minimum Gasteiger partial charge on any atom is -0.468 e. The summed E-state index contributed by atoms with van der Waals surface area (Å²) in [6.45, 7) is 7.02. The summed E-state index contributed by atoms with van der Waals surface area (Å²) in [6, 6.07) is 14.2. The van der Waals surface area contributed by atoms with Crippen molar-refractivity contribution in [2.75, 3.05) is 0 Å². The van der Waals surface area contributed by atoms with Gasteiger partial charge >= 0.3 is 0 Å². The molecule has 2 heterocycles. The molecule has 6 heteroatoms. The molecule has 0 fully saturated rings. The van der Waals surface area contributed by atoms with Crippen molar-refractivity contribution in [1.29, 1.82) is 0 Å². The number of furan rings is 1. The number of aromatic nitrogens is 1. The molecule has 0 saturated heterocycles. The molecular weight excluding hydrogens is 342 g/mol. The van der Waals surface area contributed by atoms with Crippen LogP contribution in [0.1, 0.15) is 54.5 Å². The molecule has 0 spiro atoms. The number of carbonyl (C=O) groups excluding carboxylic acids is 1. The van der Waals surface area contributed by atoms with Crippen LogP contribution in [0.5, 0.6) is 0 Å². The average Bonchev–Trinajstić information content (AvgIpc) is 3.33. The largest absolute Gasteiger partial charge is 0.468 e. The first-order chi connectivity index (χ1) is 13.0. The Bertz CT molecular complexity index is 841. The second-order valence-electron chi connectivity index (χ2n) is 6.83. The van der Waals surface area contributed by atoms with Gasteiger partial charge < -0.3 is 14.2 Å². The summed E-state index contributed by atoms with van der Waals surface area (Å²) >= 11 is 0. The summed E-state index contributed by atoms with van der Waals surface area (Å²) < 4.78 is 11.1. The molecule has 1 atom stereocenters. The van der Waals surface area contributed by atoms with Crippen molar-refractivity contribution in [3.63, 3.8) is 0 Å². The minimum atomic E-state index is -0.228. The summed E-state index contributed by atoms with van der Waals surface area (Å²) in [7, 11) is 0. The topological polar surface area (TPSA) is 71.5 Å². The number of hydrogen-bond acceptors (Lipinski definition) is 5. The van der Waals surface area contributed by atoms with E-state index >= 15 is 0 Å². The van der Waals surface area contributed by atoms with Crippen LogP contribution in [0.25, 0.3) is 0 Å². The summed E-state index contributed by atoms with van der Waals surface area (Å²) in [5.74, 6) is 1.13. The molecule has 1 amide bonds. The van der Waals surface area contributed by atoms with Crippen LogP contribution in [0, 0.1) is 0 Å². The molecule has 3 rings (SSSR count). The number of nitrogens with zero attached hydrogens (tertiary/aromatic N) is 2. The van der Waals surface area contributed by atoms with Gasteiger partial charge in [-0.15, -0.1) is 0 Å². The van der Waals surface area contributed by atoms with E-state index in [1.807, 2.05) is 44.2 Å². The monoisotopic (exact) mass is 367 g/mol. The molecule has 0 aliphatic carbocycles. The second-order valence-corrected chi connectivity index (χ2v) is 6.83. The highest BCUT2D eigenvalue weighted by atomic mass is 16.3. The minimum absolute atomic E-state index is 0.0474. The van der Waals surface area contributed by atoms with Crippen molar-refractivity contribution in [2.45, 2.75) is 45.9 Å². The van der Waals surface area contributed by atoms with Crippen molar-refractivity contribution < 1.29 is 13.6 Å². The third-order valence-corrected chi connectivity index (χ3v) is 4.31. The highest BCUT2D eigenvalue weighted by Crippen LogP contribution is 2.24. The van der Waals surface area contributed by atoms with Gasteiger partial charge in [-0.3, -0.25) is 9.69 Å². The Labute approximate surface area is 159 Å². The number of rotatable bonds is 8. The number of nitrogens with one attached hydrogen (secondary N) is 1. The Morgan fingerprint density at radius 1 is 1.07 bits per heavy atom. The normalized spacial score (nSPS) is 12.5. The van der Waals surface area contributed by atoms with Gasteiger partial charge in [-0.2, -0.15) is 0 Å². The molecular formula is C21H25N3O3. The van der Waals surface area contributed by atoms with Crippen LogP contribution in [0.15, 0.2) is 63.8 Å². The van der Waals surface area contributed by atoms with Gasteiger partial charge in [0.15, 0.2) is 5.69 Å². The zero-order chi connectivity index (χ0) is 19.2. The lowest BCUT2D eigenvalue weighted by atomic mass is 10.1. The van der Waals surface area contributed by atoms with Crippen LogP contribution in [0.2, 0.25) is 0 Å². The predicted molar refractivity (Wildman–Crippen MR) is 102 cm³/mol. The highest BCUT2D eigenvalue weighted by molar-refractivity contribution is 5.92. The van der Waals surface area contributed by atoms with E-state index in [9.17, 15) is 4.79 Å². The second kappa shape index (κ2) is 8.68. The molecule has 1 aromatic carbocycles. The van der Waals surface area contributed by atoms with Crippen LogP contribution in [-0.2, 0) is 13.1 Å². The van der Waals surface area contributed by atoms with Crippen LogP contribution in [-0.4, -0.2) is 21.8 Å². The van der Waals surface area contributed by atoms with Crippen LogP contribution in [0.3, 0.4) is 0 Å². The summed E-state index contributed by atoms with van der Waals surface area (Å²) in [5.41, 5.74) is 1.48. The smallest absolute Gasteiger partial charge is 0.273 e. The Balaban J connectivity index is 1.77. The maximum atomic E-state index is 12.1. The fraction of sp³-hybridized carbons (Fsp3) is 0.333. The number of amides is 1. The molecule has 142 valence electrons. The van der Waals surface area contributed by atoms with Crippen molar-refractivity contribution in [3.05, 3.63) is 77.9 Å². The first-order valence-corrected chi connectivity index (χ1v) is 9.09. The van der Waals surface area contributed by atoms with Crippen LogP contribution < -0.4 is 5.32 Å². The lowest BCUT2D eigenvalue weighted by molar-refractivity contribution is 0.0938. The van der Waals surface area contributed by atoms with Crippen LogP contribution in [0.4, 0.5) is 0 Å². The van der Waals surface area contributed by atoms with Gasteiger partial charge in [-0.05, 0) is 38.5 Å². The van der Waals surface area contributed by atoms with Crippen molar-refractivity contribution in [3.8, 4) is 0 Å². The fourth-order valence-corrected chi connectivity index (χ4v) is 2.87. The van der Waals surface area contributed by atoms with E-state index in [2.05, 4.69) is 34.3 Å². The Hall–Kier alpha value is -2.86. The quantitative estimate of drug-likeness (QED) is 0.647. The van der Waals surface area contributed by atoms with Gasteiger partial charge in [0, 0.05) is 12.1 Å². The zero-order valence-electron chi connectivity index (χ0n) is 15.9. The molecule has 27 heavy (non-hydrogen) atoms. The predicted octanol–water partition coefficient (Wildman–Crippen LogP) is 4.17. The summed E-state index contributed by atoms with van der Waals surface area (Å²) in [5, 5.41) is 2.82. The van der Waals surface area contributed by atoms with Crippen molar-refractivity contribution in [2.24, 2.45) is 0 Å². The number of carbonyl (C=O) groups is 1. The molecule has 1 N–H and O–H groups in total. The molecule has 0 aliphatic heterocycles. The highest BCUT2D eigenvalue weighted by Gasteiger charge is 2.21. The van der Waals surface area contributed by atoms with Crippen LogP contribution >= 0.6 is 0 Å². The molecule has 2 aromatic heterocycles. The van der Waals surface area contributed by atoms with Gasteiger partial charge in [0.05, 0.1) is 19.4 Å². The number of hydrogen-bond donors (Lipinski definition) is 1. The van der Waals surface area contributed by atoms with E-state index < -0.39 is 0 Å². The van der Waals surface area contributed by atoms with Gasteiger partial charge in [-0.1, -0.05) is 30.3 Å². The number of oxazole rings is 1.